The second-order valence-corrected chi connectivity index (χ2v) is 4.33. The van der Waals surface area contributed by atoms with E-state index < -0.39 is 6.10 Å². The minimum Gasteiger partial charge on any atom is -0.393 e. The Bertz CT molecular complexity index is 505. The molecule has 84 valence electrons. The van der Waals surface area contributed by atoms with Gasteiger partial charge in [0.1, 0.15) is 6.10 Å². The van der Waals surface area contributed by atoms with E-state index in [-0.39, 0.29) is 12.0 Å². The van der Waals surface area contributed by atoms with Gasteiger partial charge in [-0.2, -0.15) is 0 Å². The number of hydrogen-bond donors (Lipinski definition) is 2. The number of nitrogens with zero attached hydrogens (tertiary/aromatic N) is 3. The SMILES string of the molecule is OC1CC(C(O)c2ncn3ccncc23)C1. The van der Waals surface area contributed by atoms with Crippen LogP contribution >= 0.6 is 0 Å². The topological polar surface area (TPSA) is 70.7 Å². The molecule has 2 N–H and O–H groups in total. The minimum atomic E-state index is -0.599. The highest BCUT2D eigenvalue weighted by molar-refractivity contribution is 5.51. The normalized spacial score (nSPS) is 26.6. The van der Waals surface area contributed by atoms with E-state index in [9.17, 15) is 10.2 Å². The largest absolute Gasteiger partial charge is 0.393 e. The first-order chi connectivity index (χ1) is 7.75. The first kappa shape index (κ1) is 9.74. The third kappa shape index (κ3) is 1.40. The van der Waals surface area contributed by atoms with Gasteiger partial charge in [-0.25, -0.2) is 4.98 Å². The average Bonchev–Trinajstić information content (AvgIpc) is 2.67. The fourth-order valence-corrected chi connectivity index (χ4v) is 2.20. The Labute approximate surface area is 92.4 Å². The summed E-state index contributed by atoms with van der Waals surface area (Å²) in [6.45, 7) is 0. The minimum absolute atomic E-state index is 0.119. The van der Waals surface area contributed by atoms with Crippen molar-refractivity contribution in [3.8, 4) is 0 Å². The van der Waals surface area contributed by atoms with Crippen LogP contribution in [-0.4, -0.2) is 30.7 Å². The maximum Gasteiger partial charge on any atom is 0.101 e. The third-order valence-corrected chi connectivity index (χ3v) is 3.25. The maximum absolute atomic E-state index is 10.1. The molecule has 2 heterocycles. The van der Waals surface area contributed by atoms with E-state index in [1.54, 1.807) is 24.9 Å². The number of aliphatic hydroxyl groups is 2. The van der Waals surface area contributed by atoms with Gasteiger partial charge < -0.3 is 14.6 Å². The van der Waals surface area contributed by atoms with E-state index in [0.29, 0.717) is 18.5 Å². The van der Waals surface area contributed by atoms with Crippen LogP contribution in [0.15, 0.2) is 24.9 Å². The fraction of sp³-hybridized carbons (Fsp3) is 0.455. The Morgan fingerprint density at radius 1 is 1.44 bits per heavy atom. The maximum atomic E-state index is 10.1. The van der Waals surface area contributed by atoms with Crippen molar-refractivity contribution in [2.75, 3.05) is 0 Å². The van der Waals surface area contributed by atoms with Gasteiger partial charge in [0, 0.05) is 12.4 Å². The van der Waals surface area contributed by atoms with E-state index in [1.807, 2.05) is 4.40 Å². The predicted octanol–water partition coefficient (Wildman–Crippen LogP) is 0.534. The smallest absolute Gasteiger partial charge is 0.101 e. The molecule has 0 bridgehead atoms. The summed E-state index contributed by atoms with van der Waals surface area (Å²) in [5.74, 6) is 0.119. The average molecular weight is 219 g/mol. The summed E-state index contributed by atoms with van der Waals surface area (Å²) in [5, 5.41) is 19.4. The van der Waals surface area contributed by atoms with Crippen LogP contribution in [0.25, 0.3) is 5.52 Å². The highest BCUT2D eigenvalue weighted by atomic mass is 16.3. The molecule has 3 rings (SSSR count). The summed E-state index contributed by atoms with van der Waals surface area (Å²) in [6.07, 6.45) is 7.29. The van der Waals surface area contributed by atoms with E-state index in [0.717, 1.165) is 5.52 Å². The van der Waals surface area contributed by atoms with Gasteiger partial charge >= 0.3 is 0 Å². The Kier molecular flexibility index (Phi) is 2.15. The number of hydrogen-bond acceptors (Lipinski definition) is 4. The Morgan fingerprint density at radius 2 is 2.25 bits per heavy atom. The van der Waals surface area contributed by atoms with Gasteiger partial charge in [0.15, 0.2) is 0 Å². The molecule has 0 aliphatic heterocycles. The number of aliphatic hydroxyl groups excluding tert-OH is 2. The molecule has 1 fully saturated rings. The van der Waals surface area contributed by atoms with Crippen molar-refractivity contribution >= 4 is 5.52 Å². The standard InChI is InChI=1S/C11H13N3O2/c15-8-3-7(4-8)11(16)10-9-5-12-1-2-14(9)6-13-10/h1-2,5-8,11,15-16H,3-4H2. The van der Waals surface area contributed by atoms with Crippen molar-refractivity contribution in [2.45, 2.75) is 25.0 Å². The molecule has 5 heteroatoms. The van der Waals surface area contributed by atoms with Crippen molar-refractivity contribution in [2.24, 2.45) is 5.92 Å². The summed E-state index contributed by atoms with van der Waals surface area (Å²) in [6, 6.07) is 0. The van der Waals surface area contributed by atoms with Gasteiger partial charge in [-0.15, -0.1) is 0 Å². The van der Waals surface area contributed by atoms with E-state index in [1.165, 1.54) is 0 Å². The van der Waals surface area contributed by atoms with Gasteiger partial charge in [0.25, 0.3) is 0 Å². The zero-order valence-corrected chi connectivity index (χ0v) is 8.69. The molecule has 0 amide bonds. The molecule has 2 aromatic rings. The lowest BCUT2D eigenvalue weighted by molar-refractivity contribution is -0.0297. The van der Waals surface area contributed by atoms with Crippen LogP contribution < -0.4 is 0 Å². The molecule has 2 aromatic heterocycles. The molecule has 1 atom stereocenters. The summed E-state index contributed by atoms with van der Waals surface area (Å²) in [5.41, 5.74) is 1.49. The van der Waals surface area contributed by atoms with Crippen molar-refractivity contribution in [1.29, 1.82) is 0 Å². The molecular formula is C11H13N3O2. The van der Waals surface area contributed by atoms with Crippen LogP contribution in [0.1, 0.15) is 24.6 Å². The summed E-state index contributed by atoms with van der Waals surface area (Å²) < 4.78 is 1.83. The summed E-state index contributed by atoms with van der Waals surface area (Å²) >= 11 is 0. The van der Waals surface area contributed by atoms with Gasteiger partial charge in [-0.05, 0) is 18.8 Å². The number of fused-ring (bicyclic) bond motifs is 1. The molecule has 0 radical (unpaired) electrons. The van der Waals surface area contributed by atoms with Crippen molar-refractivity contribution in [3.05, 3.63) is 30.6 Å². The molecule has 1 saturated carbocycles. The van der Waals surface area contributed by atoms with Gasteiger partial charge in [0.05, 0.1) is 29.8 Å². The van der Waals surface area contributed by atoms with Crippen LogP contribution in [0.3, 0.4) is 0 Å². The number of imidazole rings is 1. The molecule has 1 aliphatic carbocycles. The number of rotatable bonds is 2. The molecule has 0 aromatic carbocycles. The van der Waals surface area contributed by atoms with Crippen LogP contribution in [0, 0.1) is 5.92 Å². The fourth-order valence-electron chi connectivity index (χ4n) is 2.20. The highest BCUT2D eigenvalue weighted by Crippen LogP contribution is 2.38. The van der Waals surface area contributed by atoms with Gasteiger partial charge in [0.2, 0.25) is 0 Å². The van der Waals surface area contributed by atoms with Gasteiger partial charge in [-0.1, -0.05) is 0 Å². The second kappa shape index (κ2) is 3.54. The monoisotopic (exact) mass is 219 g/mol. The molecule has 0 spiro atoms. The Morgan fingerprint density at radius 3 is 3.00 bits per heavy atom. The molecular weight excluding hydrogens is 206 g/mol. The zero-order valence-electron chi connectivity index (χ0n) is 8.69. The molecule has 0 saturated heterocycles. The second-order valence-electron chi connectivity index (χ2n) is 4.33. The third-order valence-electron chi connectivity index (χ3n) is 3.25. The van der Waals surface area contributed by atoms with E-state index in [2.05, 4.69) is 9.97 Å². The first-order valence-corrected chi connectivity index (χ1v) is 5.38. The van der Waals surface area contributed by atoms with Crippen molar-refractivity contribution < 1.29 is 10.2 Å². The van der Waals surface area contributed by atoms with Crippen molar-refractivity contribution in [1.82, 2.24) is 14.4 Å². The van der Waals surface area contributed by atoms with E-state index >= 15 is 0 Å². The lowest BCUT2D eigenvalue weighted by Gasteiger charge is -2.34. The van der Waals surface area contributed by atoms with Crippen LogP contribution in [0.4, 0.5) is 0 Å². The van der Waals surface area contributed by atoms with Crippen LogP contribution in [0.2, 0.25) is 0 Å². The number of aromatic nitrogens is 3. The lowest BCUT2D eigenvalue weighted by Crippen LogP contribution is -2.33. The Hall–Kier alpha value is -1.46. The summed E-state index contributed by atoms with van der Waals surface area (Å²) in [7, 11) is 0. The zero-order chi connectivity index (χ0) is 11.1. The predicted molar refractivity (Wildman–Crippen MR) is 56.7 cm³/mol. The Balaban J connectivity index is 1.93. The molecule has 16 heavy (non-hydrogen) atoms. The van der Waals surface area contributed by atoms with Gasteiger partial charge in [-0.3, -0.25) is 4.98 Å². The molecule has 1 unspecified atom stereocenters. The molecule has 5 nitrogen and oxygen atoms in total. The highest BCUT2D eigenvalue weighted by Gasteiger charge is 2.35. The lowest BCUT2D eigenvalue weighted by atomic mass is 9.77. The molecule has 1 aliphatic rings. The quantitative estimate of drug-likeness (QED) is 0.773. The van der Waals surface area contributed by atoms with Crippen LogP contribution in [-0.2, 0) is 0 Å². The van der Waals surface area contributed by atoms with Crippen LogP contribution in [0.5, 0.6) is 0 Å². The summed E-state index contributed by atoms with van der Waals surface area (Å²) in [4.78, 5) is 8.24. The van der Waals surface area contributed by atoms with E-state index in [4.69, 9.17) is 0 Å². The first-order valence-electron chi connectivity index (χ1n) is 5.38. The van der Waals surface area contributed by atoms with Crippen molar-refractivity contribution in [3.63, 3.8) is 0 Å².